The Labute approximate surface area is 130 Å². The molecule has 0 saturated carbocycles. The van der Waals surface area contributed by atoms with Crippen molar-refractivity contribution in [3.63, 3.8) is 0 Å². The van der Waals surface area contributed by atoms with E-state index >= 15 is 0 Å². The van der Waals surface area contributed by atoms with Crippen molar-refractivity contribution in [2.24, 2.45) is 5.41 Å². The van der Waals surface area contributed by atoms with Crippen molar-refractivity contribution < 1.29 is 7.48 Å². The van der Waals surface area contributed by atoms with Crippen LogP contribution in [0.25, 0.3) is 0 Å². The Hall–Kier alpha value is -2.04. The number of hydrogen-bond acceptors (Lipinski definition) is 1. The number of ether oxygens (including phenoxy) is 1. The Kier molecular flexibility index (Phi) is 3.72. The molecule has 0 saturated heterocycles. The van der Waals surface area contributed by atoms with E-state index in [2.05, 4.69) is 5.92 Å². The van der Waals surface area contributed by atoms with Crippen LogP contribution in [-0.4, -0.2) is 6.56 Å². The first-order valence-corrected chi connectivity index (χ1v) is 7.02. The lowest BCUT2D eigenvalue weighted by molar-refractivity contribution is -0.0793. The molecule has 0 fully saturated rings. The molecule has 0 aliphatic carbocycles. The van der Waals surface area contributed by atoms with Crippen LogP contribution >= 0.6 is 0 Å². The number of hydrogen-bond donors (Lipinski definition) is 0. The standard InChI is InChI=1S/C20H22O/c1-5-16-21-20(19(2,3)4,17-12-8-6-9-13-17)18-14-10-7-11-15-18/h1,6-15H,16H2,2-4H3/i16D2. The summed E-state index contributed by atoms with van der Waals surface area (Å²) in [6.07, 6.45) is 5.36. The molecule has 0 aromatic heterocycles. The maximum absolute atomic E-state index is 8.02. The van der Waals surface area contributed by atoms with Gasteiger partial charge in [0, 0.05) is 0 Å². The monoisotopic (exact) mass is 280 g/mol. The topological polar surface area (TPSA) is 9.23 Å². The van der Waals surface area contributed by atoms with Crippen molar-refractivity contribution in [2.45, 2.75) is 26.4 Å². The Morgan fingerprint density at radius 2 is 1.38 bits per heavy atom. The summed E-state index contributed by atoms with van der Waals surface area (Å²) >= 11 is 0. The molecular weight excluding hydrogens is 256 g/mol. The molecule has 0 N–H and O–H groups in total. The first-order valence-electron chi connectivity index (χ1n) is 8.02. The van der Waals surface area contributed by atoms with Gasteiger partial charge in [-0.2, -0.15) is 0 Å². The van der Waals surface area contributed by atoms with Crippen molar-refractivity contribution in [1.29, 1.82) is 0 Å². The van der Waals surface area contributed by atoms with Crippen molar-refractivity contribution in [3.8, 4) is 12.3 Å². The van der Waals surface area contributed by atoms with E-state index in [1.807, 2.05) is 81.4 Å². The van der Waals surface area contributed by atoms with E-state index in [4.69, 9.17) is 13.9 Å². The summed E-state index contributed by atoms with van der Waals surface area (Å²) < 4.78 is 22.0. The lowest BCUT2D eigenvalue weighted by atomic mass is 9.68. The van der Waals surface area contributed by atoms with Crippen molar-refractivity contribution in [3.05, 3.63) is 71.8 Å². The van der Waals surface area contributed by atoms with E-state index in [0.29, 0.717) is 0 Å². The van der Waals surface area contributed by atoms with E-state index in [1.165, 1.54) is 0 Å². The van der Waals surface area contributed by atoms with Crippen molar-refractivity contribution in [1.82, 2.24) is 0 Å². The van der Waals surface area contributed by atoms with E-state index in [0.717, 1.165) is 11.1 Å². The van der Waals surface area contributed by atoms with Gasteiger partial charge in [0.1, 0.15) is 12.2 Å². The van der Waals surface area contributed by atoms with Crippen LogP contribution in [0, 0.1) is 17.8 Å². The minimum absolute atomic E-state index is 0.431. The summed E-state index contributed by atoms with van der Waals surface area (Å²) in [5.74, 6) is 2.12. The van der Waals surface area contributed by atoms with Gasteiger partial charge in [0.25, 0.3) is 0 Å². The highest BCUT2D eigenvalue weighted by Gasteiger charge is 2.46. The first kappa shape index (κ1) is 12.7. The second-order valence-electron chi connectivity index (χ2n) is 6.01. The summed E-state index contributed by atoms with van der Waals surface area (Å²) in [5.41, 5.74) is 0.307. The van der Waals surface area contributed by atoms with Gasteiger partial charge in [-0.1, -0.05) is 87.4 Å². The van der Waals surface area contributed by atoms with E-state index < -0.39 is 17.6 Å². The molecule has 1 nitrogen and oxygen atoms in total. The summed E-state index contributed by atoms with van der Waals surface area (Å²) in [6.45, 7) is 3.90. The summed E-state index contributed by atoms with van der Waals surface area (Å²) in [5, 5.41) is 0. The third kappa shape index (κ3) is 2.86. The highest BCUT2D eigenvalue weighted by molar-refractivity contribution is 5.39. The minimum atomic E-state index is -2.18. The molecule has 21 heavy (non-hydrogen) atoms. The van der Waals surface area contributed by atoms with E-state index in [-0.39, 0.29) is 0 Å². The molecule has 0 unspecified atom stereocenters. The van der Waals surface area contributed by atoms with Gasteiger partial charge in [-0.05, 0) is 16.5 Å². The second-order valence-corrected chi connectivity index (χ2v) is 6.01. The normalized spacial score (nSPS) is 14.0. The number of benzene rings is 2. The van der Waals surface area contributed by atoms with Gasteiger partial charge >= 0.3 is 0 Å². The Balaban J connectivity index is 2.78. The maximum atomic E-state index is 8.02. The third-order valence-corrected chi connectivity index (χ3v) is 3.68. The predicted molar refractivity (Wildman–Crippen MR) is 87.9 cm³/mol. The van der Waals surface area contributed by atoms with Gasteiger partial charge in [-0.15, -0.1) is 6.42 Å². The summed E-state index contributed by atoms with van der Waals surface area (Å²) in [6, 6.07) is 19.4. The lowest BCUT2D eigenvalue weighted by Crippen LogP contribution is -2.44. The molecule has 108 valence electrons. The van der Waals surface area contributed by atoms with Crippen molar-refractivity contribution in [2.75, 3.05) is 6.56 Å². The van der Waals surface area contributed by atoms with E-state index in [9.17, 15) is 0 Å². The highest BCUT2D eigenvalue weighted by atomic mass is 16.5. The highest BCUT2D eigenvalue weighted by Crippen LogP contribution is 2.47. The van der Waals surface area contributed by atoms with Crippen LogP contribution in [0.4, 0.5) is 0 Å². The summed E-state index contributed by atoms with van der Waals surface area (Å²) in [7, 11) is 0. The van der Waals surface area contributed by atoms with Gasteiger partial charge in [-0.25, -0.2) is 0 Å². The molecule has 2 rings (SSSR count). The lowest BCUT2D eigenvalue weighted by Gasteiger charge is -2.45. The zero-order valence-electron chi connectivity index (χ0n) is 14.8. The van der Waals surface area contributed by atoms with Crippen LogP contribution in [0.2, 0.25) is 0 Å². The fraction of sp³-hybridized carbons (Fsp3) is 0.300. The van der Waals surface area contributed by atoms with Gasteiger partial charge < -0.3 is 4.74 Å². The van der Waals surface area contributed by atoms with Crippen LogP contribution in [0.15, 0.2) is 60.7 Å². The van der Waals surface area contributed by atoms with Gasteiger partial charge in [-0.3, -0.25) is 0 Å². The van der Waals surface area contributed by atoms with Crippen LogP contribution in [0.5, 0.6) is 0 Å². The smallest absolute Gasteiger partial charge is 0.124 e. The molecule has 2 aromatic carbocycles. The van der Waals surface area contributed by atoms with E-state index in [1.54, 1.807) is 0 Å². The second kappa shape index (κ2) is 6.16. The predicted octanol–water partition coefficient (Wildman–Crippen LogP) is 4.63. The molecule has 0 aliphatic heterocycles. The van der Waals surface area contributed by atoms with Crippen molar-refractivity contribution >= 4 is 0 Å². The molecule has 1 heteroatoms. The van der Waals surface area contributed by atoms with Gasteiger partial charge in [0.15, 0.2) is 0 Å². The van der Waals surface area contributed by atoms with Crippen LogP contribution in [0.3, 0.4) is 0 Å². The molecular formula is C20H22O. The largest absolute Gasteiger partial charge is 0.352 e. The molecule has 2 aromatic rings. The number of terminal acetylenes is 1. The zero-order valence-corrected chi connectivity index (χ0v) is 12.8. The molecule has 0 radical (unpaired) electrons. The first-order chi connectivity index (χ1) is 10.7. The fourth-order valence-corrected chi connectivity index (χ4v) is 2.76. The Morgan fingerprint density at radius 3 is 1.71 bits per heavy atom. The molecule has 0 bridgehead atoms. The number of rotatable bonds is 4. The molecule has 0 atom stereocenters. The van der Waals surface area contributed by atoms with Gasteiger partial charge in [0.2, 0.25) is 0 Å². The minimum Gasteiger partial charge on any atom is -0.352 e. The average Bonchev–Trinajstić information content (AvgIpc) is 2.53. The Bertz CT molecular complexity index is 640. The fourth-order valence-electron chi connectivity index (χ4n) is 2.76. The molecule has 0 aliphatic rings. The molecule has 0 amide bonds. The molecule has 0 spiro atoms. The molecule has 0 heterocycles. The van der Waals surface area contributed by atoms with Crippen LogP contribution in [-0.2, 0) is 10.3 Å². The maximum Gasteiger partial charge on any atom is 0.124 e. The SMILES string of the molecule is [2H]C([2H])(C#C)OC(c1ccccc1)(c1ccccc1)C(C)(C)C. The van der Waals surface area contributed by atoms with Crippen LogP contribution < -0.4 is 0 Å². The van der Waals surface area contributed by atoms with Gasteiger partial charge in [0.05, 0.1) is 2.74 Å². The zero-order chi connectivity index (χ0) is 17.1. The van der Waals surface area contributed by atoms with Crippen LogP contribution in [0.1, 0.15) is 34.6 Å². The Morgan fingerprint density at radius 1 is 0.952 bits per heavy atom. The average molecular weight is 280 g/mol. The summed E-state index contributed by atoms with van der Waals surface area (Å²) in [4.78, 5) is 0. The quantitative estimate of drug-likeness (QED) is 0.742. The third-order valence-electron chi connectivity index (χ3n) is 3.68.